The van der Waals surface area contributed by atoms with E-state index in [1.54, 1.807) is 12.1 Å². The zero-order valence-corrected chi connectivity index (χ0v) is 48.2. The molecule has 16 rings (SSSR count). The Morgan fingerprint density at radius 1 is 0.278 bits per heavy atom. The number of aromatic nitrogens is 6. The lowest BCUT2D eigenvalue weighted by atomic mass is 9.97. The lowest BCUT2D eigenvalue weighted by Crippen LogP contribution is -2.06. The van der Waals surface area contributed by atoms with Gasteiger partial charge in [-0.15, -0.1) is 0 Å². The van der Waals surface area contributed by atoms with Gasteiger partial charge < -0.3 is 9.13 Å². The first kappa shape index (κ1) is 53.2. The van der Waals surface area contributed by atoms with Crippen molar-refractivity contribution in [1.82, 2.24) is 29.1 Å². The van der Waals surface area contributed by atoms with E-state index in [0.717, 1.165) is 133 Å². The molecule has 0 N–H and O–H groups in total. The van der Waals surface area contributed by atoms with Crippen LogP contribution in [0.2, 0.25) is 0 Å². The average molecular weight is 1160 g/mol. The van der Waals surface area contributed by atoms with Gasteiger partial charge in [-0.1, -0.05) is 176 Å². The zero-order valence-electron chi connectivity index (χ0n) is 48.2. The molecule has 90 heavy (non-hydrogen) atoms. The summed E-state index contributed by atoms with van der Waals surface area (Å²) < 4.78 is 37.3. The van der Waals surface area contributed by atoms with E-state index in [4.69, 9.17) is 19.9 Å². The normalized spacial score (nSPS) is 11.4. The van der Waals surface area contributed by atoms with E-state index in [-0.39, 0.29) is 16.7 Å². The Hall–Kier alpha value is -12.3. The van der Waals surface area contributed by atoms with Gasteiger partial charge in [0.1, 0.15) is 11.6 Å². The van der Waals surface area contributed by atoms with Crippen molar-refractivity contribution >= 4 is 43.6 Å². The van der Waals surface area contributed by atoms with Crippen molar-refractivity contribution in [3.63, 3.8) is 0 Å². The summed E-state index contributed by atoms with van der Waals surface area (Å²) in [5.41, 5.74) is 19.6. The lowest BCUT2D eigenvalue weighted by molar-refractivity contribution is 0.589. The number of nitriles is 1. The van der Waals surface area contributed by atoms with Crippen LogP contribution in [0.4, 0.5) is 8.78 Å². The molecule has 0 bridgehead atoms. The van der Waals surface area contributed by atoms with E-state index in [1.165, 1.54) is 18.2 Å². The third kappa shape index (κ3) is 9.44. The third-order valence-electron chi connectivity index (χ3n) is 17.1. The van der Waals surface area contributed by atoms with Gasteiger partial charge in [0.25, 0.3) is 0 Å². The van der Waals surface area contributed by atoms with Crippen LogP contribution in [-0.2, 0) is 0 Å². The second-order valence-corrected chi connectivity index (χ2v) is 22.4. The van der Waals surface area contributed by atoms with Crippen LogP contribution in [0.1, 0.15) is 5.56 Å². The first-order valence-corrected chi connectivity index (χ1v) is 29.7. The Morgan fingerprint density at radius 2 is 0.567 bits per heavy atom. The fraction of sp³-hybridized carbons (Fsp3) is 0. The van der Waals surface area contributed by atoms with Crippen molar-refractivity contribution in [2.24, 2.45) is 0 Å². The van der Waals surface area contributed by atoms with Gasteiger partial charge in [0.05, 0.1) is 73.4 Å². The Morgan fingerprint density at radius 3 is 0.844 bits per heavy atom. The van der Waals surface area contributed by atoms with Gasteiger partial charge in [-0.2, -0.15) is 5.26 Å². The number of hydrogen-bond donors (Lipinski definition) is 0. The van der Waals surface area contributed by atoms with Crippen LogP contribution < -0.4 is 0 Å². The second-order valence-electron chi connectivity index (χ2n) is 22.4. The molecule has 6 heterocycles. The van der Waals surface area contributed by atoms with Crippen molar-refractivity contribution in [2.45, 2.75) is 0 Å². The van der Waals surface area contributed by atoms with Crippen LogP contribution in [0.3, 0.4) is 0 Å². The molecule has 0 aliphatic heterocycles. The molecule has 7 nitrogen and oxygen atoms in total. The minimum Gasteiger partial charge on any atom is -0.307 e. The van der Waals surface area contributed by atoms with E-state index in [0.29, 0.717) is 11.4 Å². The highest BCUT2D eigenvalue weighted by molar-refractivity contribution is 6.14. The summed E-state index contributed by atoms with van der Waals surface area (Å²) >= 11 is 0. The maximum atomic E-state index is 16.5. The molecule has 16 aromatic rings. The second kappa shape index (κ2) is 22.2. The molecule has 0 spiro atoms. The number of halogens is 2. The fourth-order valence-corrected chi connectivity index (χ4v) is 12.7. The molecule has 0 aliphatic carbocycles. The number of nitrogens with zero attached hydrogens (tertiary/aromatic N) is 7. The highest BCUT2D eigenvalue weighted by Crippen LogP contribution is 2.45. The summed E-state index contributed by atoms with van der Waals surface area (Å²) in [5, 5.41) is 15.0. The van der Waals surface area contributed by atoms with Crippen molar-refractivity contribution in [1.29, 1.82) is 5.26 Å². The van der Waals surface area contributed by atoms with Gasteiger partial charge in [0.15, 0.2) is 0 Å². The smallest absolute Gasteiger partial charge is 0.134 e. The van der Waals surface area contributed by atoms with Crippen molar-refractivity contribution in [3.05, 3.63) is 315 Å². The summed E-state index contributed by atoms with van der Waals surface area (Å²) in [6.07, 6.45) is 7.65. The van der Waals surface area contributed by atoms with Crippen LogP contribution in [0.25, 0.3) is 156 Å². The van der Waals surface area contributed by atoms with Crippen molar-refractivity contribution < 1.29 is 8.78 Å². The topological polar surface area (TPSA) is 85.2 Å². The SMILES string of the molecule is N#Cc1cc(-n2c3ccc(-c4ccc(-c5ccccc5)nc4)cc3c3cc(-c4ccc(-c5ccccc5)nc4)ccc32)c(-n2c3ccc(-c4ccc(-c5ccccc5)nc4)cc3c3cc(-c4ccc(-c5ccccc5)nc4)ccc32)cc1-c1c(F)cccc1F. The number of hydrogen-bond acceptors (Lipinski definition) is 5. The molecule has 0 atom stereocenters. The van der Waals surface area contributed by atoms with Gasteiger partial charge in [0.2, 0.25) is 0 Å². The molecule has 6 aromatic heterocycles. The highest BCUT2D eigenvalue weighted by Gasteiger charge is 2.26. The number of rotatable bonds is 11. The predicted octanol–water partition coefficient (Wildman–Crippen LogP) is 20.6. The summed E-state index contributed by atoms with van der Waals surface area (Å²) in [7, 11) is 0. The summed E-state index contributed by atoms with van der Waals surface area (Å²) in [5.74, 6) is -1.56. The monoisotopic (exact) mass is 1160 g/mol. The summed E-state index contributed by atoms with van der Waals surface area (Å²) in [6, 6.07) is 92.5. The lowest BCUT2D eigenvalue weighted by Gasteiger charge is -2.20. The molecule has 0 unspecified atom stereocenters. The Bertz CT molecular complexity index is 5150. The minimum atomic E-state index is -0.782. The molecule has 0 amide bonds. The molecule has 0 aliphatic rings. The van der Waals surface area contributed by atoms with Crippen molar-refractivity contribution in [2.75, 3.05) is 0 Å². The molecule has 0 radical (unpaired) electrons. The molecular formula is C81H49F2N7. The third-order valence-corrected chi connectivity index (χ3v) is 17.1. The van der Waals surface area contributed by atoms with Crippen LogP contribution in [-0.4, -0.2) is 29.1 Å². The molecule has 0 fully saturated rings. The number of benzene rings is 10. The Kier molecular flexibility index (Phi) is 13.2. The molecule has 0 saturated heterocycles. The van der Waals surface area contributed by atoms with Crippen LogP contribution >= 0.6 is 0 Å². The molecular weight excluding hydrogens is 1110 g/mol. The van der Waals surface area contributed by atoms with Crippen LogP contribution in [0.15, 0.2) is 298 Å². The Labute approximate surface area is 517 Å². The zero-order chi connectivity index (χ0) is 60.2. The van der Waals surface area contributed by atoms with Crippen molar-refractivity contribution in [3.8, 4) is 118 Å². The van der Waals surface area contributed by atoms with E-state index in [2.05, 4.69) is 161 Å². The van der Waals surface area contributed by atoms with Gasteiger partial charge in [0, 0.05) is 96.4 Å². The molecule has 9 heteroatoms. The van der Waals surface area contributed by atoms with E-state index in [1.807, 2.05) is 122 Å². The maximum absolute atomic E-state index is 16.5. The first-order chi connectivity index (χ1) is 44.4. The van der Waals surface area contributed by atoms with Crippen LogP contribution in [0.5, 0.6) is 0 Å². The van der Waals surface area contributed by atoms with Gasteiger partial charge in [-0.25, -0.2) is 8.78 Å². The molecule has 10 aromatic carbocycles. The van der Waals surface area contributed by atoms with Crippen LogP contribution in [0, 0.1) is 23.0 Å². The highest BCUT2D eigenvalue weighted by atomic mass is 19.1. The maximum Gasteiger partial charge on any atom is 0.134 e. The number of fused-ring (bicyclic) bond motifs is 6. The van der Waals surface area contributed by atoms with Gasteiger partial charge >= 0.3 is 0 Å². The fourth-order valence-electron chi connectivity index (χ4n) is 12.7. The van der Waals surface area contributed by atoms with Gasteiger partial charge in [-0.05, 0) is 119 Å². The molecule has 422 valence electrons. The minimum absolute atomic E-state index is 0.0957. The molecule has 0 saturated carbocycles. The Balaban J connectivity index is 0.943. The first-order valence-electron chi connectivity index (χ1n) is 29.7. The largest absolute Gasteiger partial charge is 0.307 e. The number of pyridine rings is 4. The van der Waals surface area contributed by atoms with Gasteiger partial charge in [-0.3, -0.25) is 19.9 Å². The summed E-state index contributed by atoms with van der Waals surface area (Å²) in [6.45, 7) is 0. The predicted molar refractivity (Wildman–Crippen MR) is 360 cm³/mol. The quantitative estimate of drug-likeness (QED) is 0.129. The van der Waals surface area contributed by atoms with E-state index in [9.17, 15) is 5.26 Å². The summed E-state index contributed by atoms with van der Waals surface area (Å²) in [4.78, 5) is 19.7. The average Bonchev–Trinajstić information content (AvgIpc) is 1.80. The standard InChI is InChI=1S/C81H49F2N7/c82-69-22-13-23-70(83)81(69)64-45-80(90-77-38-30-57(61-26-34-73(87-49-61)53-18-9-3-10-19-53)42-67(77)68-43-58(31-39-78(68)90)62-27-35-74(88-50-62)54-20-11-4-12-21-54)79(44-63(64)46-84)89-75-36-28-55(59-24-32-71(85-47-59)51-14-5-1-6-15-51)40-65(75)66-41-56(29-37-76(66)89)60-25-33-72(86-48-60)52-16-7-2-8-17-52/h1-45,47-50H. The van der Waals surface area contributed by atoms with E-state index >= 15 is 8.78 Å². The van der Waals surface area contributed by atoms with E-state index < -0.39 is 11.6 Å².